The van der Waals surface area contributed by atoms with Gasteiger partial charge in [-0.25, -0.2) is 0 Å². The molecule has 52 heavy (non-hydrogen) atoms. The standard InChI is InChI=1S/C46H80O6/c1-4-7-10-13-16-19-22-23-25-27-30-33-36-39-45(48)51-42-43(41-50-44(47)38-35-32-29-26-21-18-15-12-9-6-3)52-46(49)40-37-34-31-28-24-20-17-14-11-8-5-2/h7,10,13,16,19,22-23,25,43H,4-6,8-9,11-12,14-15,17-18,20-21,24,26-42H2,1-3H3/b10-7-,16-13-,22-19-,25-23-. The van der Waals surface area contributed by atoms with Crippen LogP contribution in [0.2, 0.25) is 0 Å². The van der Waals surface area contributed by atoms with Crippen molar-refractivity contribution in [3.63, 3.8) is 0 Å². The number of carbonyl (C=O) groups excluding carboxylic acids is 3. The van der Waals surface area contributed by atoms with E-state index in [1.165, 1.54) is 96.3 Å². The Kier molecular flexibility index (Phi) is 39.1. The Hall–Kier alpha value is -2.63. The van der Waals surface area contributed by atoms with Crippen LogP contribution in [0.15, 0.2) is 48.6 Å². The molecule has 0 aromatic carbocycles. The highest BCUT2D eigenvalue weighted by Gasteiger charge is 2.19. The van der Waals surface area contributed by atoms with Gasteiger partial charge >= 0.3 is 17.9 Å². The van der Waals surface area contributed by atoms with Gasteiger partial charge in [0.05, 0.1) is 0 Å². The van der Waals surface area contributed by atoms with Crippen LogP contribution in [0.25, 0.3) is 0 Å². The maximum absolute atomic E-state index is 12.7. The highest BCUT2D eigenvalue weighted by molar-refractivity contribution is 5.71. The zero-order chi connectivity index (χ0) is 38.0. The third kappa shape index (κ3) is 38.6. The fraction of sp³-hybridized carbons (Fsp3) is 0.761. The van der Waals surface area contributed by atoms with Crippen LogP contribution in [-0.4, -0.2) is 37.2 Å². The highest BCUT2D eigenvalue weighted by Crippen LogP contribution is 2.14. The number of carbonyl (C=O) groups is 3. The second-order valence-electron chi connectivity index (χ2n) is 14.3. The molecule has 0 bridgehead atoms. The first-order chi connectivity index (χ1) is 25.5. The molecule has 0 rings (SSSR count). The number of esters is 3. The van der Waals surface area contributed by atoms with Crippen molar-refractivity contribution in [3.05, 3.63) is 48.6 Å². The summed E-state index contributed by atoms with van der Waals surface area (Å²) in [4.78, 5) is 37.6. The lowest BCUT2D eigenvalue weighted by Crippen LogP contribution is -2.30. The molecular weight excluding hydrogens is 648 g/mol. The van der Waals surface area contributed by atoms with E-state index in [2.05, 4.69) is 32.9 Å². The second-order valence-corrected chi connectivity index (χ2v) is 14.3. The van der Waals surface area contributed by atoms with E-state index in [0.717, 1.165) is 70.6 Å². The molecule has 6 nitrogen and oxygen atoms in total. The van der Waals surface area contributed by atoms with Crippen LogP contribution < -0.4 is 0 Å². The Bertz CT molecular complexity index is 933. The summed E-state index contributed by atoms with van der Waals surface area (Å²) in [7, 11) is 0. The maximum Gasteiger partial charge on any atom is 0.306 e. The summed E-state index contributed by atoms with van der Waals surface area (Å²) in [5.41, 5.74) is 0. The summed E-state index contributed by atoms with van der Waals surface area (Å²) >= 11 is 0. The van der Waals surface area contributed by atoms with Gasteiger partial charge in [-0.1, -0.05) is 198 Å². The summed E-state index contributed by atoms with van der Waals surface area (Å²) < 4.78 is 16.6. The van der Waals surface area contributed by atoms with E-state index >= 15 is 0 Å². The predicted octanol–water partition coefficient (Wildman–Crippen LogP) is 13.6. The summed E-state index contributed by atoms with van der Waals surface area (Å²) in [6.45, 7) is 6.43. The molecule has 0 aliphatic carbocycles. The van der Waals surface area contributed by atoms with Gasteiger partial charge in [0, 0.05) is 19.3 Å². The van der Waals surface area contributed by atoms with Gasteiger partial charge in [0.1, 0.15) is 13.2 Å². The van der Waals surface area contributed by atoms with Crippen LogP contribution in [-0.2, 0) is 28.6 Å². The minimum atomic E-state index is -0.781. The SMILES string of the molecule is CC\C=C/C=C\C=C/C=C\CCCCCC(=O)OCC(COC(=O)CCCCCCCCCCCC)OC(=O)CCCCCCCCCCCCC. The monoisotopic (exact) mass is 729 g/mol. The molecule has 0 aromatic heterocycles. The van der Waals surface area contributed by atoms with Crippen molar-refractivity contribution >= 4 is 17.9 Å². The zero-order valence-corrected chi connectivity index (χ0v) is 34.1. The first-order valence-electron chi connectivity index (χ1n) is 21.7. The van der Waals surface area contributed by atoms with Crippen molar-refractivity contribution in [2.24, 2.45) is 0 Å². The number of rotatable bonds is 38. The molecular formula is C46H80O6. The minimum absolute atomic E-state index is 0.0835. The molecule has 1 atom stereocenters. The average molecular weight is 729 g/mol. The number of unbranched alkanes of at least 4 members (excludes halogenated alkanes) is 22. The number of hydrogen-bond acceptors (Lipinski definition) is 6. The normalized spacial score (nSPS) is 12.4. The van der Waals surface area contributed by atoms with Crippen LogP contribution >= 0.6 is 0 Å². The number of allylic oxidation sites excluding steroid dienone is 8. The van der Waals surface area contributed by atoms with E-state index in [-0.39, 0.29) is 31.1 Å². The molecule has 0 aromatic rings. The van der Waals surface area contributed by atoms with Gasteiger partial charge in [-0.2, -0.15) is 0 Å². The van der Waals surface area contributed by atoms with Crippen LogP contribution in [0.5, 0.6) is 0 Å². The second kappa shape index (κ2) is 41.1. The molecule has 1 unspecified atom stereocenters. The summed E-state index contributed by atoms with van der Waals surface area (Å²) in [6.07, 6.45) is 46.6. The Morgan fingerprint density at radius 1 is 0.404 bits per heavy atom. The molecule has 300 valence electrons. The third-order valence-corrected chi connectivity index (χ3v) is 9.19. The van der Waals surface area contributed by atoms with E-state index in [1.807, 2.05) is 36.5 Å². The fourth-order valence-corrected chi connectivity index (χ4v) is 5.92. The largest absolute Gasteiger partial charge is 0.462 e. The van der Waals surface area contributed by atoms with Crippen LogP contribution in [0.3, 0.4) is 0 Å². The third-order valence-electron chi connectivity index (χ3n) is 9.19. The van der Waals surface area contributed by atoms with Crippen molar-refractivity contribution in [2.75, 3.05) is 13.2 Å². The maximum atomic E-state index is 12.7. The average Bonchev–Trinajstić information content (AvgIpc) is 3.14. The van der Waals surface area contributed by atoms with Crippen molar-refractivity contribution in [1.29, 1.82) is 0 Å². The number of ether oxygens (including phenoxy) is 3. The van der Waals surface area contributed by atoms with Gasteiger partial charge in [-0.05, 0) is 38.5 Å². The van der Waals surface area contributed by atoms with Crippen molar-refractivity contribution in [3.8, 4) is 0 Å². The van der Waals surface area contributed by atoms with Gasteiger partial charge in [0.15, 0.2) is 6.10 Å². The zero-order valence-electron chi connectivity index (χ0n) is 34.1. The van der Waals surface area contributed by atoms with Crippen LogP contribution in [0.1, 0.15) is 207 Å². The smallest absolute Gasteiger partial charge is 0.306 e. The number of hydrogen-bond donors (Lipinski definition) is 0. The minimum Gasteiger partial charge on any atom is -0.462 e. The van der Waals surface area contributed by atoms with E-state index in [4.69, 9.17) is 14.2 Å². The lowest BCUT2D eigenvalue weighted by atomic mass is 10.1. The van der Waals surface area contributed by atoms with Crippen LogP contribution in [0.4, 0.5) is 0 Å². The van der Waals surface area contributed by atoms with Gasteiger partial charge in [-0.3, -0.25) is 14.4 Å². The van der Waals surface area contributed by atoms with Gasteiger partial charge in [0.25, 0.3) is 0 Å². The Morgan fingerprint density at radius 2 is 0.750 bits per heavy atom. The van der Waals surface area contributed by atoms with Crippen molar-refractivity contribution < 1.29 is 28.6 Å². The molecule has 0 amide bonds. The Morgan fingerprint density at radius 3 is 1.17 bits per heavy atom. The highest BCUT2D eigenvalue weighted by atomic mass is 16.6. The molecule has 0 spiro atoms. The lowest BCUT2D eigenvalue weighted by molar-refractivity contribution is -0.167. The van der Waals surface area contributed by atoms with Crippen molar-refractivity contribution in [2.45, 2.75) is 213 Å². The van der Waals surface area contributed by atoms with Gasteiger partial charge < -0.3 is 14.2 Å². The molecule has 0 heterocycles. The first-order valence-corrected chi connectivity index (χ1v) is 21.7. The predicted molar refractivity (Wildman–Crippen MR) is 219 cm³/mol. The summed E-state index contributed by atoms with van der Waals surface area (Å²) in [5.74, 6) is -0.928. The lowest BCUT2D eigenvalue weighted by Gasteiger charge is -2.18. The van der Waals surface area contributed by atoms with E-state index in [0.29, 0.717) is 19.3 Å². The topological polar surface area (TPSA) is 78.9 Å². The molecule has 0 saturated heterocycles. The quantitative estimate of drug-likeness (QED) is 0.0272. The van der Waals surface area contributed by atoms with Crippen LogP contribution in [0, 0.1) is 0 Å². The van der Waals surface area contributed by atoms with E-state index < -0.39 is 6.10 Å². The van der Waals surface area contributed by atoms with Gasteiger partial charge in [0.2, 0.25) is 0 Å². The van der Waals surface area contributed by atoms with Crippen molar-refractivity contribution in [1.82, 2.24) is 0 Å². The fourth-order valence-electron chi connectivity index (χ4n) is 5.92. The summed E-state index contributed by atoms with van der Waals surface area (Å²) in [5, 5.41) is 0. The van der Waals surface area contributed by atoms with Gasteiger partial charge in [-0.15, -0.1) is 0 Å². The molecule has 0 saturated carbocycles. The molecule has 0 fully saturated rings. The first kappa shape index (κ1) is 49.4. The molecule has 6 heteroatoms. The molecule has 0 aliphatic rings. The Labute approximate surface area is 320 Å². The Balaban J connectivity index is 4.43. The van der Waals surface area contributed by atoms with E-state index in [9.17, 15) is 14.4 Å². The molecule has 0 radical (unpaired) electrons. The molecule has 0 aliphatic heterocycles. The van der Waals surface area contributed by atoms with E-state index in [1.54, 1.807) is 0 Å². The summed E-state index contributed by atoms with van der Waals surface area (Å²) in [6, 6.07) is 0. The molecule has 0 N–H and O–H groups in total.